The molecule has 0 aromatic rings. The predicted octanol–water partition coefficient (Wildman–Crippen LogP) is -0.355. The molecule has 21 heavy (non-hydrogen) atoms. The van der Waals surface area contributed by atoms with Gasteiger partial charge in [-0.3, -0.25) is 9.59 Å². The number of urea groups is 1. The van der Waals surface area contributed by atoms with Gasteiger partial charge in [0.25, 0.3) is 0 Å². The van der Waals surface area contributed by atoms with Gasteiger partial charge in [-0.15, -0.1) is 0 Å². The number of amides is 3. The Bertz CT molecular complexity index is 401. The average molecular weight is 301 g/mol. The molecule has 3 N–H and O–H groups in total. The maximum absolute atomic E-state index is 12.0. The quantitative estimate of drug-likeness (QED) is 0.581. The van der Waals surface area contributed by atoms with E-state index in [9.17, 15) is 19.5 Å². The maximum atomic E-state index is 12.0. The number of ether oxygens (including phenoxy) is 1. The van der Waals surface area contributed by atoms with Gasteiger partial charge in [0.05, 0.1) is 18.6 Å². The number of nitrogens with one attached hydrogen (secondary N) is 2. The lowest BCUT2D eigenvalue weighted by Gasteiger charge is -2.37. The van der Waals surface area contributed by atoms with Crippen molar-refractivity contribution in [1.29, 1.82) is 0 Å². The normalized spacial score (nSPS) is 21.7. The van der Waals surface area contributed by atoms with E-state index >= 15 is 0 Å². The molecular formula is C13H23N3O5. The number of aliphatic carboxylic acids is 1. The maximum Gasteiger partial charge on any atom is 0.317 e. The van der Waals surface area contributed by atoms with Gasteiger partial charge in [0.1, 0.15) is 0 Å². The van der Waals surface area contributed by atoms with Gasteiger partial charge in [-0.2, -0.15) is 0 Å². The number of hydrogen-bond acceptors (Lipinski definition) is 4. The molecule has 0 saturated carbocycles. The zero-order chi connectivity index (χ0) is 15.9. The number of carboxylic acid groups (broad SMARTS) is 1. The van der Waals surface area contributed by atoms with Crippen molar-refractivity contribution in [3.63, 3.8) is 0 Å². The van der Waals surface area contributed by atoms with Gasteiger partial charge < -0.3 is 25.4 Å². The van der Waals surface area contributed by atoms with Crippen LogP contribution in [0.15, 0.2) is 0 Å². The molecule has 3 amide bonds. The van der Waals surface area contributed by atoms with Crippen LogP contribution in [0.25, 0.3) is 0 Å². The third-order valence-electron chi connectivity index (χ3n) is 3.53. The fraction of sp³-hybridized carbons (Fsp3) is 0.769. The third kappa shape index (κ3) is 5.22. The first-order chi connectivity index (χ1) is 9.89. The molecule has 8 heteroatoms. The van der Waals surface area contributed by atoms with Crippen molar-refractivity contribution in [2.45, 2.75) is 19.8 Å². The first-order valence-corrected chi connectivity index (χ1v) is 6.91. The molecule has 8 nitrogen and oxygen atoms in total. The number of rotatable bonds is 6. The minimum Gasteiger partial charge on any atom is -0.481 e. The number of hydrogen-bond donors (Lipinski definition) is 3. The van der Waals surface area contributed by atoms with E-state index in [0.29, 0.717) is 32.5 Å². The van der Waals surface area contributed by atoms with Gasteiger partial charge in [0, 0.05) is 26.7 Å². The van der Waals surface area contributed by atoms with Crippen LogP contribution < -0.4 is 10.6 Å². The van der Waals surface area contributed by atoms with Crippen molar-refractivity contribution in [2.75, 3.05) is 39.9 Å². The Morgan fingerprint density at radius 2 is 2.05 bits per heavy atom. The number of piperidine rings is 1. The van der Waals surface area contributed by atoms with E-state index in [2.05, 4.69) is 10.6 Å². The zero-order valence-electron chi connectivity index (χ0n) is 12.5. The van der Waals surface area contributed by atoms with E-state index in [1.807, 2.05) is 0 Å². The molecular weight excluding hydrogens is 278 g/mol. The van der Waals surface area contributed by atoms with Crippen molar-refractivity contribution in [2.24, 2.45) is 5.41 Å². The fourth-order valence-electron chi connectivity index (χ4n) is 2.21. The number of carbonyl (C=O) groups is 3. The molecule has 1 saturated heterocycles. The average Bonchev–Trinajstić information content (AvgIpc) is 2.45. The molecule has 1 unspecified atom stereocenters. The summed E-state index contributed by atoms with van der Waals surface area (Å²) in [4.78, 5) is 36.1. The molecule has 1 rings (SSSR count). The van der Waals surface area contributed by atoms with E-state index < -0.39 is 17.4 Å². The van der Waals surface area contributed by atoms with Crippen molar-refractivity contribution in [3.05, 3.63) is 0 Å². The van der Waals surface area contributed by atoms with Crippen molar-refractivity contribution in [1.82, 2.24) is 15.5 Å². The number of carbonyl (C=O) groups excluding carboxylic acids is 2. The minimum atomic E-state index is -0.920. The van der Waals surface area contributed by atoms with Crippen LogP contribution in [0.1, 0.15) is 19.8 Å². The molecule has 1 fully saturated rings. The Morgan fingerprint density at radius 1 is 1.33 bits per heavy atom. The first-order valence-electron chi connectivity index (χ1n) is 6.91. The highest BCUT2D eigenvalue weighted by Crippen LogP contribution is 2.29. The topological polar surface area (TPSA) is 108 Å². The summed E-state index contributed by atoms with van der Waals surface area (Å²) in [7, 11) is 1.53. The smallest absolute Gasteiger partial charge is 0.317 e. The summed E-state index contributed by atoms with van der Waals surface area (Å²) in [6.07, 6.45) is 1.18. The van der Waals surface area contributed by atoms with Gasteiger partial charge in [0.2, 0.25) is 5.91 Å². The van der Waals surface area contributed by atoms with Crippen LogP contribution in [-0.2, 0) is 14.3 Å². The molecule has 0 radical (unpaired) electrons. The van der Waals surface area contributed by atoms with Crippen LogP contribution in [-0.4, -0.2) is 67.8 Å². The van der Waals surface area contributed by atoms with E-state index in [-0.39, 0.29) is 19.0 Å². The van der Waals surface area contributed by atoms with Crippen molar-refractivity contribution < 1.29 is 24.2 Å². The molecule has 1 aliphatic rings. The molecule has 1 heterocycles. The highest BCUT2D eigenvalue weighted by atomic mass is 16.5. The summed E-state index contributed by atoms with van der Waals surface area (Å²) in [5, 5.41) is 14.3. The molecule has 1 atom stereocenters. The predicted molar refractivity (Wildman–Crippen MR) is 74.8 cm³/mol. The summed E-state index contributed by atoms with van der Waals surface area (Å²) in [6.45, 7) is 2.93. The molecule has 0 aromatic heterocycles. The van der Waals surface area contributed by atoms with Gasteiger partial charge in [-0.05, 0) is 19.8 Å². The molecule has 0 spiro atoms. The van der Waals surface area contributed by atoms with Gasteiger partial charge >= 0.3 is 12.0 Å². The van der Waals surface area contributed by atoms with E-state index in [1.165, 1.54) is 12.0 Å². The van der Waals surface area contributed by atoms with E-state index in [4.69, 9.17) is 4.74 Å². The Morgan fingerprint density at radius 3 is 2.67 bits per heavy atom. The van der Waals surface area contributed by atoms with Crippen molar-refractivity contribution in [3.8, 4) is 0 Å². The first kappa shape index (κ1) is 17.2. The van der Waals surface area contributed by atoms with Gasteiger partial charge in [-0.1, -0.05) is 0 Å². The lowest BCUT2D eigenvalue weighted by atomic mass is 9.82. The minimum absolute atomic E-state index is 0.136. The van der Waals surface area contributed by atoms with Crippen LogP contribution >= 0.6 is 0 Å². The molecule has 120 valence electrons. The van der Waals surface area contributed by atoms with Gasteiger partial charge in [0.15, 0.2) is 0 Å². The Hall–Kier alpha value is -1.83. The highest BCUT2D eigenvalue weighted by molar-refractivity contribution is 5.84. The van der Waals surface area contributed by atoms with E-state index in [1.54, 1.807) is 6.92 Å². The standard InChI is InChI=1S/C13H23N3O5/c1-13(11(18)19)4-3-6-16(9-13)12(20)15-8-10(17)14-5-7-21-2/h3-9H2,1-2H3,(H,14,17)(H,15,20)(H,18,19). The fourth-order valence-corrected chi connectivity index (χ4v) is 2.21. The summed E-state index contributed by atoms with van der Waals surface area (Å²) < 4.78 is 4.79. The van der Waals surface area contributed by atoms with Crippen LogP contribution in [0.4, 0.5) is 4.79 Å². The summed E-state index contributed by atoms with van der Waals surface area (Å²) in [6, 6.07) is -0.413. The third-order valence-corrected chi connectivity index (χ3v) is 3.53. The Balaban J connectivity index is 2.38. The number of nitrogens with zero attached hydrogens (tertiary/aromatic N) is 1. The van der Waals surface area contributed by atoms with Crippen LogP contribution in [0.5, 0.6) is 0 Å². The SMILES string of the molecule is COCCNC(=O)CNC(=O)N1CCCC(C)(C(=O)O)C1. The second-order valence-corrected chi connectivity index (χ2v) is 5.39. The highest BCUT2D eigenvalue weighted by Gasteiger charge is 2.39. The summed E-state index contributed by atoms with van der Waals surface area (Å²) >= 11 is 0. The number of likely N-dealkylation sites (tertiary alicyclic amines) is 1. The zero-order valence-corrected chi connectivity index (χ0v) is 12.5. The Kier molecular flexibility index (Phi) is 6.41. The second kappa shape index (κ2) is 7.82. The summed E-state index contributed by atoms with van der Waals surface area (Å²) in [5.41, 5.74) is -0.920. The van der Waals surface area contributed by atoms with Crippen LogP contribution in [0.2, 0.25) is 0 Å². The molecule has 0 aliphatic carbocycles. The van der Waals surface area contributed by atoms with Crippen LogP contribution in [0.3, 0.4) is 0 Å². The number of methoxy groups -OCH3 is 1. The van der Waals surface area contributed by atoms with E-state index in [0.717, 1.165) is 0 Å². The molecule has 1 aliphatic heterocycles. The number of carboxylic acids is 1. The Labute approximate surface area is 123 Å². The second-order valence-electron chi connectivity index (χ2n) is 5.39. The monoisotopic (exact) mass is 301 g/mol. The molecule has 0 aromatic carbocycles. The molecule has 0 bridgehead atoms. The van der Waals surface area contributed by atoms with Crippen molar-refractivity contribution >= 4 is 17.9 Å². The summed E-state index contributed by atoms with van der Waals surface area (Å²) in [5.74, 6) is -1.21. The van der Waals surface area contributed by atoms with Gasteiger partial charge in [-0.25, -0.2) is 4.79 Å². The lowest BCUT2D eigenvalue weighted by molar-refractivity contribution is -0.150. The largest absolute Gasteiger partial charge is 0.481 e. The lowest BCUT2D eigenvalue weighted by Crippen LogP contribution is -2.52. The van der Waals surface area contributed by atoms with Crippen LogP contribution in [0, 0.1) is 5.41 Å².